The first-order valence-corrected chi connectivity index (χ1v) is 13.9. The van der Waals surface area contributed by atoms with Gasteiger partial charge in [0.15, 0.2) is 5.78 Å². The highest BCUT2D eigenvalue weighted by molar-refractivity contribution is 5.98. The van der Waals surface area contributed by atoms with Crippen molar-refractivity contribution in [3.63, 3.8) is 0 Å². The lowest BCUT2D eigenvalue weighted by Gasteiger charge is -2.70. The molecule has 5 aliphatic rings. The summed E-state index contributed by atoms with van der Waals surface area (Å²) in [4.78, 5) is 38.8. The van der Waals surface area contributed by atoms with Gasteiger partial charge in [0.1, 0.15) is 23.9 Å². The van der Waals surface area contributed by atoms with Crippen LogP contribution in [0.4, 0.5) is 0 Å². The summed E-state index contributed by atoms with van der Waals surface area (Å²) in [5.41, 5.74) is -2.23. The summed E-state index contributed by atoms with van der Waals surface area (Å²) < 4.78 is 24.1. The second kappa shape index (κ2) is 7.72. The van der Waals surface area contributed by atoms with E-state index in [1.54, 1.807) is 12.5 Å². The van der Waals surface area contributed by atoms with Crippen LogP contribution in [0.3, 0.4) is 0 Å². The van der Waals surface area contributed by atoms with E-state index in [1.807, 2.05) is 6.07 Å². The quantitative estimate of drug-likeness (QED) is 0.459. The summed E-state index contributed by atoms with van der Waals surface area (Å²) in [7, 11) is 0. The van der Waals surface area contributed by atoms with E-state index in [1.165, 1.54) is 13.8 Å². The van der Waals surface area contributed by atoms with E-state index in [9.17, 15) is 19.5 Å². The SMILES string of the molecule is CC(=O)O[C@H]1C[C@@H](O)C(C)(C)[C@H]2C[C@H](OC(C)=O)[C@]3(C)[C@@H](CC[C@@]4(C)[C@@H](c5ccoc5)C(=O)[C@@H]5O[C@]534)[C@@]12C. The summed E-state index contributed by atoms with van der Waals surface area (Å²) in [5.74, 6) is -1.23. The lowest BCUT2D eigenvalue weighted by Crippen LogP contribution is -2.74. The molecule has 4 aliphatic carbocycles. The van der Waals surface area contributed by atoms with Gasteiger partial charge < -0.3 is 23.7 Å². The Labute approximate surface area is 223 Å². The number of hydrogen-bond donors (Lipinski definition) is 1. The summed E-state index contributed by atoms with van der Waals surface area (Å²) in [5, 5.41) is 11.3. The molecular formula is C30H40O8. The number of ketones is 1. The van der Waals surface area contributed by atoms with E-state index in [0.29, 0.717) is 12.8 Å². The van der Waals surface area contributed by atoms with Crippen LogP contribution >= 0.6 is 0 Å². The number of Topliss-reactive ketones (excluding diaryl/α,β-unsaturated/α-hetero) is 1. The average molecular weight is 529 g/mol. The lowest BCUT2D eigenvalue weighted by molar-refractivity contribution is -0.288. The molecule has 2 heterocycles. The van der Waals surface area contributed by atoms with E-state index in [-0.39, 0.29) is 35.5 Å². The third-order valence-electron chi connectivity index (χ3n) is 12.1. The number of furan rings is 1. The molecule has 1 saturated heterocycles. The van der Waals surface area contributed by atoms with Gasteiger partial charge in [0, 0.05) is 42.1 Å². The molecule has 6 rings (SSSR count). The molecule has 0 aromatic carbocycles. The van der Waals surface area contributed by atoms with Gasteiger partial charge >= 0.3 is 11.9 Å². The average Bonchev–Trinajstić information content (AvgIpc) is 3.30. The Morgan fingerprint density at radius 3 is 2.26 bits per heavy atom. The molecule has 11 atom stereocenters. The zero-order chi connectivity index (χ0) is 27.6. The van der Waals surface area contributed by atoms with Crippen LogP contribution in [-0.4, -0.2) is 52.8 Å². The van der Waals surface area contributed by atoms with Crippen LogP contribution in [-0.2, 0) is 28.6 Å². The number of epoxide rings is 1. The molecule has 38 heavy (non-hydrogen) atoms. The maximum atomic E-state index is 13.9. The predicted octanol–water partition coefficient (Wildman–Crippen LogP) is 4.19. The molecule has 8 nitrogen and oxygen atoms in total. The molecule has 0 radical (unpaired) electrons. The minimum Gasteiger partial charge on any atom is -0.472 e. The Hall–Kier alpha value is -2.19. The van der Waals surface area contributed by atoms with E-state index in [4.69, 9.17) is 18.6 Å². The van der Waals surface area contributed by atoms with E-state index >= 15 is 0 Å². The van der Waals surface area contributed by atoms with E-state index < -0.39 is 51.7 Å². The van der Waals surface area contributed by atoms with Crippen molar-refractivity contribution in [1.82, 2.24) is 0 Å². The third-order valence-corrected chi connectivity index (χ3v) is 12.1. The molecule has 1 aromatic heterocycles. The number of aliphatic hydroxyl groups is 1. The molecule has 1 aromatic rings. The van der Waals surface area contributed by atoms with Crippen molar-refractivity contribution < 1.29 is 38.1 Å². The first-order chi connectivity index (χ1) is 17.7. The fraction of sp³-hybridized carbons (Fsp3) is 0.767. The van der Waals surface area contributed by atoms with Crippen molar-refractivity contribution in [2.45, 2.75) is 110 Å². The molecular weight excluding hydrogens is 488 g/mol. The fourth-order valence-corrected chi connectivity index (χ4v) is 10.5. The maximum absolute atomic E-state index is 13.9. The number of hydrogen-bond acceptors (Lipinski definition) is 8. The van der Waals surface area contributed by atoms with Crippen LogP contribution in [0.15, 0.2) is 23.0 Å². The van der Waals surface area contributed by atoms with Gasteiger partial charge in [-0.05, 0) is 42.6 Å². The number of aliphatic hydroxyl groups excluding tert-OH is 1. The highest BCUT2D eigenvalue weighted by atomic mass is 16.6. The standard InChI is InChI=1S/C30H40O8/c1-15(31)36-21-13-20(33)26(3,4)19-12-22(37-16(2)32)29(7)18(28(19,21)6)8-10-27(5)23(17-9-11-35-14-17)24(34)25-30(27,29)38-25/h9,11,14,18-23,25,33H,8,10,12-13H2,1-7H3/t18-,19+,20+,21-,22-,23-,25-,27-,28+,29-,30-/m0/s1. The van der Waals surface area contributed by atoms with Crippen molar-refractivity contribution in [3.8, 4) is 0 Å². The van der Waals surface area contributed by atoms with Crippen LogP contribution in [0, 0.1) is 33.5 Å². The van der Waals surface area contributed by atoms with Crippen molar-refractivity contribution in [2.24, 2.45) is 33.5 Å². The number of carbonyl (C=O) groups excluding carboxylic acids is 3. The molecule has 8 heteroatoms. The zero-order valence-corrected chi connectivity index (χ0v) is 23.4. The van der Waals surface area contributed by atoms with Gasteiger partial charge in [0.25, 0.3) is 0 Å². The van der Waals surface area contributed by atoms with Crippen molar-refractivity contribution in [1.29, 1.82) is 0 Å². The van der Waals surface area contributed by atoms with Gasteiger partial charge in [-0.2, -0.15) is 0 Å². The van der Waals surface area contributed by atoms with Gasteiger partial charge in [-0.15, -0.1) is 0 Å². The highest BCUT2D eigenvalue weighted by Gasteiger charge is 2.90. The summed E-state index contributed by atoms with van der Waals surface area (Å²) in [6, 6.07) is 1.87. The maximum Gasteiger partial charge on any atom is 0.302 e. The minimum absolute atomic E-state index is 0.0561. The summed E-state index contributed by atoms with van der Waals surface area (Å²) in [6.45, 7) is 13.4. The Balaban J connectivity index is 1.54. The van der Waals surface area contributed by atoms with Crippen molar-refractivity contribution in [3.05, 3.63) is 24.2 Å². The van der Waals surface area contributed by atoms with E-state index in [2.05, 4.69) is 34.6 Å². The van der Waals surface area contributed by atoms with Crippen LogP contribution in [0.25, 0.3) is 0 Å². The van der Waals surface area contributed by atoms with Crippen LogP contribution in [0.1, 0.15) is 85.6 Å². The number of carbonyl (C=O) groups is 3. The molecule has 0 amide bonds. The largest absolute Gasteiger partial charge is 0.472 e. The van der Waals surface area contributed by atoms with Crippen LogP contribution in [0.5, 0.6) is 0 Å². The molecule has 1 N–H and O–H groups in total. The van der Waals surface area contributed by atoms with Gasteiger partial charge in [0.05, 0.1) is 24.5 Å². The molecule has 5 fully saturated rings. The number of fused-ring (bicyclic) bond motifs is 3. The van der Waals surface area contributed by atoms with Crippen molar-refractivity contribution in [2.75, 3.05) is 0 Å². The second-order valence-electron chi connectivity index (χ2n) is 13.8. The second-order valence-corrected chi connectivity index (χ2v) is 13.8. The molecule has 0 unspecified atom stereocenters. The molecule has 1 aliphatic heterocycles. The van der Waals surface area contributed by atoms with Gasteiger partial charge in [-0.3, -0.25) is 14.4 Å². The van der Waals surface area contributed by atoms with Crippen LogP contribution < -0.4 is 0 Å². The summed E-state index contributed by atoms with van der Waals surface area (Å²) >= 11 is 0. The smallest absolute Gasteiger partial charge is 0.302 e. The number of ether oxygens (including phenoxy) is 3. The van der Waals surface area contributed by atoms with Gasteiger partial charge in [-0.1, -0.05) is 34.6 Å². The van der Waals surface area contributed by atoms with Crippen molar-refractivity contribution >= 4 is 17.7 Å². The summed E-state index contributed by atoms with van der Waals surface area (Å²) in [6.07, 6.45) is 3.28. The zero-order valence-electron chi connectivity index (χ0n) is 23.4. The Morgan fingerprint density at radius 1 is 1.00 bits per heavy atom. The first kappa shape index (κ1) is 26.1. The van der Waals surface area contributed by atoms with Crippen LogP contribution in [0.2, 0.25) is 0 Å². The fourth-order valence-electron chi connectivity index (χ4n) is 10.5. The normalized spacial score (nSPS) is 50.2. The highest BCUT2D eigenvalue weighted by Crippen LogP contribution is 2.82. The Morgan fingerprint density at radius 2 is 1.66 bits per heavy atom. The molecule has 208 valence electrons. The lowest BCUT2D eigenvalue weighted by atomic mass is 9.35. The van der Waals surface area contributed by atoms with E-state index in [0.717, 1.165) is 18.4 Å². The molecule has 4 saturated carbocycles. The number of rotatable bonds is 3. The molecule has 0 bridgehead atoms. The predicted molar refractivity (Wildman–Crippen MR) is 135 cm³/mol. The Bertz CT molecular complexity index is 1190. The number of esters is 2. The third kappa shape index (κ3) is 2.81. The minimum atomic E-state index is -0.822. The van der Waals surface area contributed by atoms with Gasteiger partial charge in [-0.25, -0.2) is 0 Å². The Kier molecular flexibility index (Phi) is 5.29. The first-order valence-electron chi connectivity index (χ1n) is 13.9. The monoisotopic (exact) mass is 528 g/mol. The molecule has 1 spiro atoms. The van der Waals surface area contributed by atoms with Gasteiger partial charge in [0.2, 0.25) is 0 Å². The topological polar surface area (TPSA) is 116 Å².